The standard InChI is InChI=1S/C13H20BrNO/c1-2-15-9-5-6-10-16-11-12-7-3-4-8-13(12)14/h3-4,7-8,15H,2,5-6,9-11H2,1H3. The highest BCUT2D eigenvalue weighted by Crippen LogP contribution is 2.16. The minimum atomic E-state index is 0.697. The van der Waals surface area contributed by atoms with Crippen LogP contribution in [0.3, 0.4) is 0 Å². The summed E-state index contributed by atoms with van der Waals surface area (Å²) in [6.07, 6.45) is 2.31. The lowest BCUT2D eigenvalue weighted by Gasteiger charge is -2.06. The van der Waals surface area contributed by atoms with Crippen LogP contribution >= 0.6 is 15.9 Å². The minimum Gasteiger partial charge on any atom is -0.377 e. The van der Waals surface area contributed by atoms with Crippen molar-refractivity contribution in [3.05, 3.63) is 34.3 Å². The van der Waals surface area contributed by atoms with E-state index >= 15 is 0 Å². The minimum absolute atomic E-state index is 0.697. The zero-order valence-electron chi connectivity index (χ0n) is 9.84. The summed E-state index contributed by atoms with van der Waals surface area (Å²) in [6.45, 7) is 5.81. The zero-order chi connectivity index (χ0) is 11.6. The summed E-state index contributed by atoms with van der Waals surface area (Å²) in [7, 11) is 0. The number of hydrogen-bond donors (Lipinski definition) is 1. The van der Waals surface area contributed by atoms with Crippen molar-refractivity contribution in [1.29, 1.82) is 0 Å². The Morgan fingerprint density at radius 2 is 2.06 bits per heavy atom. The second-order valence-corrected chi connectivity index (χ2v) is 4.56. The summed E-state index contributed by atoms with van der Waals surface area (Å²) in [4.78, 5) is 0. The van der Waals surface area contributed by atoms with Crippen LogP contribution in [-0.4, -0.2) is 19.7 Å². The molecule has 90 valence electrons. The molecule has 16 heavy (non-hydrogen) atoms. The highest BCUT2D eigenvalue weighted by atomic mass is 79.9. The van der Waals surface area contributed by atoms with Gasteiger partial charge in [-0.05, 0) is 37.6 Å². The molecule has 1 aromatic rings. The van der Waals surface area contributed by atoms with Crippen LogP contribution in [0.15, 0.2) is 28.7 Å². The van der Waals surface area contributed by atoms with E-state index in [1.165, 1.54) is 12.0 Å². The molecule has 1 N–H and O–H groups in total. The van der Waals surface area contributed by atoms with Crippen LogP contribution in [0.2, 0.25) is 0 Å². The number of nitrogens with one attached hydrogen (secondary N) is 1. The fraction of sp³-hybridized carbons (Fsp3) is 0.538. The average molecular weight is 286 g/mol. The van der Waals surface area contributed by atoms with Gasteiger partial charge in [-0.2, -0.15) is 0 Å². The molecule has 0 saturated heterocycles. The Balaban J connectivity index is 2.05. The lowest BCUT2D eigenvalue weighted by atomic mass is 10.2. The van der Waals surface area contributed by atoms with Crippen LogP contribution in [0.4, 0.5) is 0 Å². The van der Waals surface area contributed by atoms with Crippen molar-refractivity contribution in [3.63, 3.8) is 0 Å². The molecule has 3 heteroatoms. The molecule has 0 bridgehead atoms. The van der Waals surface area contributed by atoms with Crippen molar-refractivity contribution in [2.24, 2.45) is 0 Å². The molecule has 0 aromatic heterocycles. The first-order valence-corrected chi connectivity index (χ1v) is 6.65. The van der Waals surface area contributed by atoms with Gasteiger partial charge in [-0.3, -0.25) is 0 Å². The van der Waals surface area contributed by atoms with Crippen molar-refractivity contribution < 1.29 is 4.74 Å². The quantitative estimate of drug-likeness (QED) is 0.740. The smallest absolute Gasteiger partial charge is 0.0727 e. The molecule has 0 spiro atoms. The molecule has 0 radical (unpaired) electrons. The van der Waals surface area contributed by atoms with E-state index < -0.39 is 0 Å². The molecule has 0 fully saturated rings. The molecule has 2 nitrogen and oxygen atoms in total. The van der Waals surface area contributed by atoms with E-state index in [9.17, 15) is 0 Å². The first-order chi connectivity index (χ1) is 7.84. The van der Waals surface area contributed by atoms with E-state index in [0.717, 1.165) is 30.6 Å². The highest BCUT2D eigenvalue weighted by molar-refractivity contribution is 9.10. The van der Waals surface area contributed by atoms with E-state index in [1.807, 2.05) is 18.2 Å². The predicted octanol–water partition coefficient (Wildman–Crippen LogP) is 3.36. The van der Waals surface area contributed by atoms with E-state index in [1.54, 1.807) is 0 Å². The molecular weight excluding hydrogens is 266 g/mol. The van der Waals surface area contributed by atoms with Gasteiger partial charge in [0.2, 0.25) is 0 Å². The summed E-state index contributed by atoms with van der Waals surface area (Å²) in [5.74, 6) is 0. The largest absolute Gasteiger partial charge is 0.377 e. The number of benzene rings is 1. The van der Waals surface area contributed by atoms with Gasteiger partial charge in [0.25, 0.3) is 0 Å². The average Bonchev–Trinajstić information content (AvgIpc) is 2.30. The third-order valence-electron chi connectivity index (χ3n) is 2.36. The molecule has 0 aliphatic heterocycles. The van der Waals surface area contributed by atoms with Crippen LogP contribution in [0.25, 0.3) is 0 Å². The molecule has 0 heterocycles. The fourth-order valence-electron chi connectivity index (χ4n) is 1.43. The topological polar surface area (TPSA) is 21.3 Å². The Bertz CT molecular complexity index is 291. The Labute approximate surface area is 107 Å². The zero-order valence-corrected chi connectivity index (χ0v) is 11.4. The van der Waals surface area contributed by atoms with Gasteiger partial charge in [-0.1, -0.05) is 41.1 Å². The number of ether oxygens (including phenoxy) is 1. The summed E-state index contributed by atoms with van der Waals surface area (Å²) < 4.78 is 6.75. The van der Waals surface area contributed by atoms with Crippen LogP contribution in [0, 0.1) is 0 Å². The Kier molecular flexibility index (Phi) is 7.47. The van der Waals surface area contributed by atoms with Crippen LogP contribution < -0.4 is 5.32 Å². The maximum Gasteiger partial charge on any atom is 0.0727 e. The fourth-order valence-corrected chi connectivity index (χ4v) is 1.83. The number of hydrogen-bond acceptors (Lipinski definition) is 2. The van der Waals surface area contributed by atoms with E-state index in [4.69, 9.17) is 4.74 Å². The second kappa shape index (κ2) is 8.74. The monoisotopic (exact) mass is 285 g/mol. The molecule has 0 aliphatic rings. The highest BCUT2D eigenvalue weighted by Gasteiger charge is 1.97. The summed E-state index contributed by atoms with van der Waals surface area (Å²) in [6, 6.07) is 8.19. The van der Waals surface area contributed by atoms with Gasteiger partial charge < -0.3 is 10.1 Å². The Hall–Kier alpha value is -0.380. The second-order valence-electron chi connectivity index (χ2n) is 3.70. The summed E-state index contributed by atoms with van der Waals surface area (Å²) in [5, 5.41) is 3.30. The summed E-state index contributed by atoms with van der Waals surface area (Å²) in [5.41, 5.74) is 1.22. The van der Waals surface area contributed by atoms with Gasteiger partial charge in [0.05, 0.1) is 6.61 Å². The van der Waals surface area contributed by atoms with E-state index in [-0.39, 0.29) is 0 Å². The first-order valence-electron chi connectivity index (χ1n) is 5.86. The number of rotatable bonds is 8. The molecule has 0 amide bonds. The van der Waals surface area contributed by atoms with Crippen LogP contribution in [0.1, 0.15) is 25.3 Å². The maximum atomic E-state index is 5.62. The van der Waals surface area contributed by atoms with E-state index in [2.05, 4.69) is 34.2 Å². The van der Waals surface area contributed by atoms with Gasteiger partial charge in [-0.15, -0.1) is 0 Å². The third-order valence-corrected chi connectivity index (χ3v) is 3.13. The van der Waals surface area contributed by atoms with Gasteiger partial charge in [-0.25, -0.2) is 0 Å². The van der Waals surface area contributed by atoms with Crippen molar-refractivity contribution in [3.8, 4) is 0 Å². The van der Waals surface area contributed by atoms with Gasteiger partial charge >= 0.3 is 0 Å². The van der Waals surface area contributed by atoms with Gasteiger partial charge in [0.15, 0.2) is 0 Å². The van der Waals surface area contributed by atoms with Crippen LogP contribution in [0.5, 0.6) is 0 Å². The molecular formula is C13H20BrNO. The third kappa shape index (κ3) is 5.64. The molecule has 0 atom stereocenters. The Morgan fingerprint density at radius 1 is 1.25 bits per heavy atom. The van der Waals surface area contributed by atoms with Crippen molar-refractivity contribution >= 4 is 15.9 Å². The van der Waals surface area contributed by atoms with Gasteiger partial charge in [0.1, 0.15) is 0 Å². The first kappa shape index (κ1) is 13.7. The van der Waals surface area contributed by atoms with Crippen molar-refractivity contribution in [2.45, 2.75) is 26.4 Å². The predicted molar refractivity (Wildman–Crippen MR) is 71.6 cm³/mol. The molecule has 1 aromatic carbocycles. The molecule has 0 aliphatic carbocycles. The molecule has 0 saturated carbocycles. The lowest BCUT2D eigenvalue weighted by molar-refractivity contribution is 0.117. The molecule has 1 rings (SSSR count). The molecule has 0 unspecified atom stereocenters. The summed E-state index contributed by atoms with van der Waals surface area (Å²) >= 11 is 3.51. The van der Waals surface area contributed by atoms with Gasteiger partial charge in [0, 0.05) is 11.1 Å². The normalized spacial score (nSPS) is 10.6. The lowest BCUT2D eigenvalue weighted by Crippen LogP contribution is -2.14. The SMILES string of the molecule is CCNCCCCOCc1ccccc1Br. The Morgan fingerprint density at radius 3 is 2.81 bits per heavy atom. The van der Waals surface area contributed by atoms with Crippen molar-refractivity contribution in [1.82, 2.24) is 5.32 Å². The van der Waals surface area contributed by atoms with Crippen LogP contribution in [-0.2, 0) is 11.3 Å². The van der Waals surface area contributed by atoms with E-state index in [0.29, 0.717) is 6.61 Å². The van der Waals surface area contributed by atoms with Crippen molar-refractivity contribution in [2.75, 3.05) is 19.7 Å². The maximum absolute atomic E-state index is 5.62. The number of unbranched alkanes of at least 4 members (excludes halogenated alkanes) is 1. The number of halogens is 1.